The molecule has 1 rings (SSSR count). The summed E-state index contributed by atoms with van der Waals surface area (Å²) in [5, 5.41) is 0. The van der Waals surface area contributed by atoms with Gasteiger partial charge in [-0.2, -0.15) is 13.2 Å². The van der Waals surface area contributed by atoms with Crippen molar-refractivity contribution in [2.75, 3.05) is 6.61 Å². The molecular formula is C9H5BrF4O2. The van der Waals surface area contributed by atoms with E-state index in [1.54, 1.807) is 0 Å². The fraction of sp³-hybridized carbons (Fsp3) is 0.222. The minimum Gasteiger partial charge on any atom is -0.483 e. The van der Waals surface area contributed by atoms with Crippen LogP contribution in [0.2, 0.25) is 0 Å². The minimum absolute atomic E-state index is 0.0195. The van der Waals surface area contributed by atoms with Gasteiger partial charge in [0.1, 0.15) is 11.6 Å². The third kappa shape index (κ3) is 3.48. The predicted octanol–water partition coefficient (Wildman–Crippen LogP) is 3.34. The summed E-state index contributed by atoms with van der Waals surface area (Å²) in [6, 6.07) is 1.77. The number of halogens is 5. The van der Waals surface area contributed by atoms with Crippen LogP contribution in [0, 0.1) is 5.82 Å². The number of benzene rings is 1. The molecule has 0 unspecified atom stereocenters. The standard InChI is InChI=1S/C9H5BrF4O2/c10-6-1-5(3-15)8(2-7(6)11)16-4-9(12,13)14/h1-3H,4H2. The first-order valence-electron chi connectivity index (χ1n) is 3.97. The van der Waals surface area contributed by atoms with Gasteiger partial charge < -0.3 is 4.74 Å². The molecule has 0 radical (unpaired) electrons. The smallest absolute Gasteiger partial charge is 0.422 e. The van der Waals surface area contributed by atoms with E-state index < -0.39 is 24.3 Å². The zero-order chi connectivity index (χ0) is 12.3. The van der Waals surface area contributed by atoms with Crippen LogP contribution < -0.4 is 4.74 Å². The SMILES string of the molecule is O=Cc1cc(Br)c(F)cc1OCC(F)(F)F. The summed E-state index contributed by atoms with van der Waals surface area (Å²) in [6.07, 6.45) is -4.25. The predicted molar refractivity (Wildman–Crippen MR) is 51.0 cm³/mol. The highest BCUT2D eigenvalue weighted by Crippen LogP contribution is 2.26. The summed E-state index contributed by atoms with van der Waals surface area (Å²) in [4.78, 5) is 10.5. The van der Waals surface area contributed by atoms with Crippen molar-refractivity contribution in [3.63, 3.8) is 0 Å². The normalized spacial score (nSPS) is 11.3. The van der Waals surface area contributed by atoms with Gasteiger partial charge in [0.25, 0.3) is 0 Å². The van der Waals surface area contributed by atoms with Crippen molar-refractivity contribution in [2.24, 2.45) is 0 Å². The number of alkyl halides is 3. The highest BCUT2D eigenvalue weighted by Gasteiger charge is 2.29. The lowest BCUT2D eigenvalue weighted by atomic mass is 10.2. The summed E-state index contributed by atoms with van der Waals surface area (Å²) in [6.45, 7) is -1.57. The van der Waals surface area contributed by atoms with Crippen LogP contribution >= 0.6 is 15.9 Å². The van der Waals surface area contributed by atoms with Crippen LogP contribution in [0.15, 0.2) is 16.6 Å². The Bertz CT molecular complexity index is 403. The molecule has 0 N–H and O–H groups in total. The lowest BCUT2D eigenvalue weighted by molar-refractivity contribution is -0.153. The quantitative estimate of drug-likeness (QED) is 0.632. The van der Waals surface area contributed by atoms with Crippen molar-refractivity contribution < 1.29 is 27.1 Å². The summed E-state index contributed by atoms with van der Waals surface area (Å²) in [7, 11) is 0. The van der Waals surface area contributed by atoms with Gasteiger partial charge in [-0.3, -0.25) is 4.79 Å². The van der Waals surface area contributed by atoms with Gasteiger partial charge in [0.05, 0.1) is 10.0 Å². The molecule has 0 aliphatic carbocycles. The Morgan fingerprint density at radius 2 is 2.00 bits per heavy atom. The summed E-state index contributed by atoms with van der Waals surface area (Å²) >= 11 is 2.80. The maximum absolute atomic E-state index is 13.0. The van der Waals surface area contributed by atoms with Crippen molar-refractivity contribution in [1.29, 1.82) is 0 Å². The lowest BCUT2D eigenvalue weighted by Gasteiger charge is -2.11. The molecule has 0 atom stereocenters. The number of ether oxygens (including phenoxy) is 1. The molecule has 2 nitrogen and oxygen atoms in total. The van der Waals surface area contributed by atoms with E-state index in [9.17, 15) is 22.4 Å². The van der Waals surface area contributed by atoms with E-state index in [0.29, 0.717) is 0 Å². The first-order valence-corrected chi connectivity index (χ1v) is 4.76. The molecule has 0 heterocycles. The van der Waals surface area contributed by atoms with E-state index in [0.717, 1.165) is 12.1 Å². The minimum atomic E-state index is -4.54. The summed E-state index contributed by atoms with van der Waals surface area (Å²) in [5.74, 6) is -1.24. The van der Waals surface area contributed by atoms with Gasteiger partial charge in [0.15, 0.2) is 12.9 Å². The second-order valence-corrected chi connectivity index (χ2v) is 3.68. The lowest BCUT2D eigenvalue weighted by Crippen LogP contribution is -2.19. The number of carbonyl (C=O) groups excluding carboxylic acids is 1. The van der Waals surface area contributed by atoms with Crippen LogP contribution in [-0.2, 0) is 0 Å². The zero-order valence-corrected chi connectivity index (χ0v) is 9.23. The monoisotopic (exact) mass is 300 g/mol. The van der Waals surface area contributed by atoms with Crippen molar-refractivity contribution in [3.8, 4) is 5.75 Å². The average molecular weight is 301 g/mol. The molecule has 0 aliphatic rings. The summed E-state index contributed by atoms with van der Waals surface area (Å²) < 4.78 is 52.8. The number of hydrogen-bond donors (Lipinski definition) is 0. The molecule has 88 valence electrons. The Balaban J connectivity index is 2.95. The van der Waals surface area contributed by atoms with Crippen LogP contribution in [0.5, 0.6) is 5.75 Å². The van der Waals surface area contributed by atoms with E-state index >= 15 is 0 Å². The number of hydrogen-bond acceptors (Lipinski definition) is 2. The van der Waals surface area contributed by atoms with Crippen molar-refractivity contribution in [3.05, 3.63) is 28.0 Å². The third-order valence-electron chi connectivity index (χ3n) is 1.57. The van der Waals surface area contributed by atoms with Gasteiger partial charge >= 0.3 is 6.18 Å². The molecule has 7 heteroatoms. The first-order chi connectivity index (χ1) is 7.33. The highest BCUT2D eigenvalue weighted by atomic mass is 79.9. The van der Waals surface area contributed by atoms with Gasteiger partial charge in [-0.25, -0.2) is 4.39 Å². The Morgan fingerprint density at radius 3 is 2.50 bits per heavy atom. The maximum Gasteiger partial charge on any atom is 0.422 e. The third-order valence-corrected chi connectivity index (χ3v) is 2.18. The zero-order valence-electron chi connectivity index (χ0n) is 7.65. The molecule has 0 bridgehead atoms. The molecule has 0 aliphatic heterocycles. The molecule has 0 fully saturated rings. The molecule has 0 spiro atoms. The van der Waals surface area contributed by atoms with E-state index in [1.165, 1.54) is 0 Å². The number of aldehydes is 1. The van der Waals surface area contributed by atoms with Gasteiger partial charge in [-0.1, -0.05) is 0 Å². The van der Waals surface area contributed by atoms with Gasteiger partial charge in [0, 0.05) is 6.07 Å². The van der Waals surface area contributed by atoms with Crippen LogP contribution in [0.4, 0.5) is 17.6 Å². The van der Waals surface area contributed by atoms with Gasteiger partial charge in [-0.15, -0.1) is 0 Å². The topological polar surface area (TPSA) is 26.3 Å². The highest BCUT2D eigenvalue weighted by molar-refractivity contribution is 9.10. The molecule has 0 saturated heterocycles. The van der Waals surface area contributed by atoms with Crippen molar-refractivity contribution in [1.82, 2.24) is 0 Å². The molecule has 0 amide bonds. The fourth-order valence-corrected chi connectivity index (χ4v) is 1.28. The summed E-state index contributed by atoms with van der Waals surface area (Å²) in [5.41, 5.74) is -0.155. The molecule has 1 aromatic rings. The van der Waals surface area contributed by atoms with Gasteiger partial charge in [0.2, 0.25) is 0 Å². The van der Waals surface area contributed by atoms with E-state index in [-0.39, 0.29) is 16.3 Å². The Kier molecular flexibility index (Phi) is 3.90. The Labute approximate surface area is 96.3 Å². The molecule has 16 heavy (non-hydrogen) atoms. The first kappa shape index (κ1) is 13.0. The van der Waals surface area contributed by atoms with Crippen LogP contribution in [0.25, 0.3) is 0 Å². The number of rotatable bonds is 3. The second-order valence-electron chi connectivity index (χ2n) is 2.83. The van der Waals surface area contributed by atoms with Gasteiger partial charge in [-0.05, 0) is 22.0 Å². The van der Waals surface area contributed by atoms with Crippen molar-refractivity contribution in [2.45, 2.75) is 6.18 Å². The van der Waals surface area contributed by atoms with Crippen molar-refractivity contribution >= 4 is 22.2 Å². The average Bonchev–Trinajstić information content (AvgIpc) is 2.18. The largest absolute Gasteiger partial charge is 0.483 e. The Hall–Kier alpha value is -1.11. The maximum atomic E-state index is 13.0. The second kappa shape index (κ2) is 4.82. The fourth-order valence-electron chi connectivity index (χ4n) is 0.921. The molecular weight excluding hydrogens is 296 g/mol. The van der Waals surface area contributed by atoms with Crippen LogP contribution in [0.3, 0.4) is 0 Å². The van der Waals surface area contributed by atoms with E-state index in [1.807, 2.05) is 0 Å². The van der Waals surface area contributed by atoms with E-state index in [2.05, 4.69) is 20.7 Å². The Morgan fingerprint density at radius 1 is 1.38 bits per heavy atom. The number of carbonyl (C=O) groups is 1. The molecule has 0 saturated carbocycles. The van der Waals surface area contributed by atoms with Crippen LogP contribution in [0.1, 0.15) is 10.4 Å². The van der Waals surface area contributed by atoms with E-state index in [4.69, 9.17) is 0 Å². The van der Waals surface area contributed by atoms with Crippen LogP contribution in [-0.4, -0.2) is 19.1 Å². The molecule has 0 aromatic heterocycles. The molecule has 1 aromatic carbocycles.